The molecule has 106 valence electrons. The van der Waals surface area contributed by atoms with Gasteiger partial charge >= 0.3 is 0 Å². The first-order chi connectivity index (χ1) is 9.48. The van der Waals surface area contributed by atoms with E-state index in [1.807, 2.05) is 18.2 Å². The summed E-state index contributed by atoms with van der Waals surface area (Å²) in [5.41, 5.74) is 8.76. The Morgan fingerprint density at radius 3 is 2.75 bits per heavy atom. The van der Waals surface area contributed by atoms with Crippen molar-refractivity contribution in [2.75, 3.05) is 12.3 Å². The van der Waals surface area contributed by atoms with Crippen LogP contribution in [-0.2, 0) is 23.0 Å². The molecule has 0 atom stereocenters. The van der Waals surface area contributed by atoms with Gasteiger partial charge < -0.3 is 5.73 Å². The lowest BCUT2D eigenvalue weighted by atomic mass is 9.99. The van der Waals surface area contributed by atoms with Crippen molar-refractivity contribution in [2.45, 2.75) is 17.2 Å². The van der Waals surface area contributed by atoms with Gasteiger partial charge in [0.15, 0.2) is 0 Å². The van der Waals surface area contributed by atoms with Gasteiger partial charge in [0.05, 0.1) is 3.79 Å². The van der Waals surface area contributed by atoms with Crippen LogP contribution in [0, 0.1) is 0 Å². The smallest absolute Gasteiger partial charge is 0.252 e. The quantitative estimate of drug-likeness (QED) is 0.824. The fourth-order valence-electron chi connectivity index (χ4n) is 2.38. The van der Waals surface area contributed by atoms with E-state index in [0.29, 0.717) is 23.7 Å². The first-order valence-corrected chi connectivity index (χ1v) is 9.15. The van der Waals surface area contributed by atoms with Crippen molar-refractivity contribution in [3.05, 3.63) is 45.2 Å². The zero-order valence-electron chi connectivity index (χ0n) is 10.5. The molecule has 1 aliphatic rings. The van der Waals surface area contributed by atoms with Crippen LogP contribution in [0.15, 0.2) is 38.3 Å². The fourth-order valence-corrected chi connectivity index (χ4v) is 5.96. The molecule has 2 N–H and O–H groups in total. The standard InChI is InChI=1S/C13H13BrN2O2S2/c14-12-4-5-13(19-12)20(17,18)16-7-6-10-9(8-16)2-1-3-11(10)15/h1-5H,6-8,15H2. The van der Waals surface area contributed by atoms with Crippen molar-refractivity contribution in [2.24, 2.45) is 0 Å². The SMILES string of the molecule is Nc1cccc2c1CCN(S(=O)(=O)c1ccc(Br)s1)C2. The number of halogens is 1. The molecule has 0 unspecified atom stereocenters. The molecule has 0 aliphatic carbocycles. The largest absolute Gasteiger partial charge is 0.398 e. The summed E-state index contributed by atoms with van der Waals surface area (Å²) in [6.45, 7) is 0.858. The number of nitrogen functional groups attached to an aromatic ring is 1. The number of sulfonamides is 1. The van der Waals surface area contributed by atoms with Gasteiger partial charge in [-0.1, -0.05) is 12.1 Å². The van der Waals surface area contributed by atoms with Gasteiger partial charge in [-0.25, -0.2) is 8.42 Å². The number of fused-ring (bicyclic) bond motifs is 1. The predicted molar refractivity (Wildman–Crippen MR) is 84.2 cm³/mol. The number of nitrogens with two attached hydrogens (primary N) is 1. The highest BCUT2D eigenvalue weighted by Gasteiger charge is 2.29. The van der Waals surface area contributed by atoms with Gasteiger partial charge in [-0.2, -0.15) is 4.31 Å². The summed E-state index contributed by atoms with van der Waals surface area (Å²) < 4.78 is 27.9. The summed E-state index contributed by atoms with van der Waals surface area (Å²) in [5.74, 6) is 0. The van der Waals surface area contributed by atoms with E-state index >= 15 is 0 Å². The first kappa shape index (κ1) is 14.1. The van der Waals surface area contributed by atoms with Crippen molar-refractivity contribution in [1.29, 1.82) is 0 Å². The van der Waals surface area contributed by atoms with E-state index in [1.165, 1.54) is 15.6 Å². The van der Waals surface area contributed by atoms with Crippen molar-refractivity contribution in [1.82, 2.24) is 4.31 Å². The molecule has 0 saturated carbocycles. The molecule has 1 aromatic heterocycles. The zero-order chi connectivity index (χ0) is 14.3. The lowest BCUT2D eigenvalue weighted by molar-refractivity contribution is 0.393. The first-order valence-electron chi connectivity index (χ1n) is 6.10. The molecule has 2 aromatic rings. The van der Waals surface area contributed by atoms with Crippen LogP contribution in [0.25, 0.3) is 0 Å². The van der Waals surface area contributed by atoms with Gasteiger partial charge in [0, 0.05) is 18.8 Å². The summed E-state index contributed by atoms with van der Waals surface area (Å²) in [5, 5.41) is 0. The number of nitrogens with zero attached hydrogens (tertiary/aromatic N) is 1. The van der Waals surface area contributed by atoms with E-state index in [-0.39, 0.29) is 0 Å². The van der Waals surface area contributed by atoms with Crippen LogP contribution in [0.4, 0.5) is 5.69 Å². The minimum atomic E-state index is -3.42. The van der Waals surface area contributed by atoms with Crippen molar-refractivity contribution < 1.29 is 8.42 Å². The third-order valence-corrected chi connectivity index (χ3v) is 7.35. The third-order valence-electron chi connectivity index (χ3n) is 3.41. The van der Waals surface area contributed by atoms with E-state index in [2.05, 4.69) is 15.9 Å². The van der Waals surface area contributed by atoms with Gasteiger partial charge in [0.1, 0.15) is 4.21 Å². The average Bonchev–Trinajstić information content (AvgIpc) is 2.86. The monoisotopic (exact) mass is 372 g/mol. The number of benzene rings is 1. The summed E-state index contributed by atoms with van der Waals surface area (Å²) in [6, 6.07) is 9.06. The highest BCUT2D eigenvalue weighted by atomic mass is 79.9. The van der Waals surface area contributed by atoms with Crippen LogP contribution in [0.2, 0.25) is 0 Å². The van der Waals surface area contributed by atoms with Crippen molar-refractivity contribution >= 4 is 43.0 Å². The Morgan fingerprint density at radius 1 is 1.25 bits per heavy atom. The summed E-state index contributed by atoms with van der Waals surface area (Å²) >= 11 is 4.54. The minimum Gasteiger partial charge on any atom is -0.398 e. The highest BCUT2D eigenvalue weighted by Crippen LogP contribution is 2.32. The molecule has 0 spiro atoms. The Kier molecular flexibility index (Phi) is 3.62. The van der Waals surface area contributed by atoms with E-state index in [4.69, 9.17) is 5.73 Å². The third kappa shape index (κ3) is 2.39. The normalized spacial score (nSPS) is 16.1. The molecule has 0 radical (unpaired) electrons. The Bertz CT molecular complexity index is 755. The van der Waals surface area contributed by atoms with Gasteiger partial charge in [0.25, 0.3) is 10.0 Å². The molecule has 0 bridgehead atoms. The van der Waals surface area contributed by atoms with E-state index < -0.39 is 10.0 Å². The van der Waals surface area contributed by atoms with Gasteiger partial charge in [-0.15, -0.1) is 11.3 Å². The highest BCUT2D eigenvalue weighted by molar-refractivity contribution is 9.11. The summed E-state index contributed by atoms with van der Waals surface area (Å²) in [7, 11) is -3.42. The number of rotatable bonds is 2. The molecule has 0 fully saturated rings. The molecule has 20 heavy (non-hydrogen) atoms. The topological polar surface area (TPSA) is 63.4 Å². The average molecular weight is 373 g/mol. The van der Waals surface area contributed by atoms with E-state index in [0.717, 1.165) is 20.6 Å². The number of anilines is 1. The Balaban J connectivity index is 1.94. The second kappa shape index (κ2) is 5.14. The van der Waals surface area contributed by atoms with E-state index in [1.54, 1.807) is 12.1 Å². The molecule has 1 aliphatic heterocycles. The number of hydrogen-bond donors (Lipinski definition) is 1. The lowest BCUT2D eigenvalue weighted by Crippen LogP contribution is -2.35. The van der Waals surface area contributed by atoms with Crippen LogP contribution in [0.5, 0.6) is 0 Å². The molecule has 0 amide bonds. The predicted octanol–water partition coefficient (Wildman–Crippen LogP) is 2.84. The molecule has 3 rings (SSSR count). The van der Waals surface area contributed by atoms with Crippen molar-refractivity contribution in [3.63, 3.8) is 0 Å². The maximum atomic E-state index is 12.6. The number of thiophene rings is 1. The van der Waals surface area contributed by atoms with Gasteiger partial charge in [-0.3, -0.25) is 0 Å². The van der Waals surface area contributed by atoms with Gasteiger partial charge in [-0.05, 0) is 51.7 Å². The van der Waals surface area contributed by atoms with Crippen molar-refractivity contribution in [3.8, 4) is 0 Å². The minimum absolute atomic E-state index is 0.372. The summed E-state index contributed by atoms with van der Waals surface area (Å²) in [6.07, 6.45) is 0.660. The molecule has 1 aromatic carbocycles. The van der Waals surface area contributed by atoms with Gasteiger partial charge in [0.2, 0.25) is 0 Å². The molecule has 2 heterocycles. The van der Waals surface area contributed by atoms with Crippen LogP contribution in [0.3, 0.4) is 0 Å². The maximum absolute atomic E-state index is 12.6. The zero-order valence-corrected chi connectivity index (χ0v) is 13.8. The molecule has 4 nitrogen and oxygen atoms in total. The van der Waals surface area contributed by atoms with E-state index in [9.17, 15) is 8.42 Å². The van der Waals surface area contributed by atoms with Crippen LogP contribution >= 0.6 is 27.3 Å². The maximum Gasteiger partial charge on any atom is 0.252 e. The van der Waals surface area contributed by atoms with Crippen LogP contribution < -0.4 is 5.73 Å². The van der Waals surface area contributed by atoms with Crippen LogP contribution in [-0.4, -0.2) is 19.3 Å². The molecular weight excluding hydrogens is 360 g/mol. The van der Waals surface area contributed by atoms with Crippen LogP contribution in [0.1, 0.15) is 11.1 Å². The Labute approximate surface area is 130 Å². The summed E-state index contributed by atoms with van der Waals surface area (Å²) in [4.78, 5) is 0. The Morgan fingerprint density at radius 2 is 2.05 bits per heavy atom. The molecule has 0 saturated heterocycles. The second-order valence-electron chi connectivity index (χ2n) is 4.63. The molecule has 7 heteroatoms. The fraction of sp³-hybridized carbons (Fsp3) is 0.231. The Hall–Kier alpha value is -0.890. The second-order valence-corrected chi connectivity index (χ2v) is 9.26. The molecular formula is C13H13BrN2O2S2. The number of hydrogen-bond acceptors (Lipinski definition) is 4. The lowest BCUT2D eigenvalue weighted by Gasteiger charge is -2.28.